The van der Waals surface area contributed by atoms with Crippen LogP contribution in [0, 0.1) is 0 Å². The highest BCUT2D eigenvalue weighted by atomic mass is 16.5. The summed E-state index contributed by atoms with van der Waals surface area (Å²) in [5, 5.41) is 10.3. The van der Waals surface area contributed by atoms with Crippen molar-refractivity contribution in [1.29, 1.82) is 0 Å². The molecule has 0 aromatic heterocycles. The first-order valence-electron chi connectivity index (χ1n) is 5.71. The molecule has 4 nitrogen and oxygen atoms in total. The first kappa shape index (κ1) is 12.8. The molecule has 0 spiro atoms. The van der Waals surface area contributed by atoms with E-state index in [0.717, 1.165) is 5.56 Å². The van der Waals surface area contributed by atoms with Gasteiger partial charge in [-0.3, -0.25) is 4.79 Å². The van der Waals surface area contributed by atoms with Gasteiger partial charge < -0.3 is 14.6 Å². The molecule has 2 atom stereocenters. The van der Waals surface area contributed by atoms with Crippen molar-refractivity contribution in [1.82, 2.24) is 0 Å². The third-order valence-corrected chi connectivity index (χ3v) is 3.18. The summed E-state index contributed by atoms with van der Waals surface area (Å²) in [6, 6.07) is 3.41. The average Bonchev–Trinajstić information content (AvgIpc) is 2.37. The predicted molar refractivity (Wildman–Crippen MR) is 67.8 cm³/mol. The Kier molecular flexibility index (Phi) is 3.50. The lowest BCUT2D eigenvalue weighted by atomic mass is 9.87. The van der Waals surface area contributed by atoms with E-state index in [1.54, 1.807) is 25.3 Å². The minimum atomic E-state index is -0.857. The summed E-state index contributed by atoms with van der Waals surface area (Å²) < 4.78 is 10.4. The Morgan fingerprint density at radius 2 is 2.06 bits per heavy atom. The van der Waals surface area contributed by atoms with E-state index < -0.39 is 12.2 Å². The first-order chi connectivity index (χ1) is 8.60. The van der Waals surface area contributed by atoms with Crippen LogP contribution in [0.4, 0.5) is 0 Å². The molecular formula is C14H16O4. The molecule has 96 valence electrons. The van der Waals surface area contributed by atoms with E-state index in [-0.39, 0.29) is 5.78 Å². The second-order valence-electron chi connectivity index (χ2n) is 4.20. The Hall–Kier alpha value is -1.65. The maximum absolute atomic E-state index is 11.6. The molecule has 0 aliphatic heterocycles. The number of carbonyl (C=O) groups excluding carboxylic acids is 1. The molecule has 18 heavy (non-hydrogen) atoms. The van der Waals surface area contributed by atoms with Crippen LogP contribution in [-0.4, -0.2) is 31.2 Å². The zero-order valence-electron chi connectivity index (χ0n) is 10.6. The third kappa shape index (κ3) is 1.94. The number of hydrogen-bond donors (Lipinski definition) is 1. The van der Waals surface area contributed by atoms with Gasteiger partial charge in [0.2, 0.25) is 0 Å². The maximum atomic E-state index is 11.6. The molecular weight excluding hydrogens is 232 g/mol. The Morgan fingerprint density at radius 1 is 1.33 bits per heavy atom. The average molecular weight is 248 g/mol. The number of benzene rings is 1. The molecule has 0 fully saturated rings. The summed E-state index contributed by atoms with van der Waals surface area (Å²) in [5.74, 6) is 0.554. The molecule has 0 amide bonds. The summed E-state index contributed by atoms with van der Waals surface area (Å²) >= 11 is 0. The van der Waals surface area contributed by atoms with Crippen LogP contribution in [0.25, 0.3) is 6.08 Å². The lowest BCUT2D eigenvalue weighted by Crippen LogP contribution is -2.24. The second-order valence-corrected chi connectivity index (χ2v) is 4.20. The van der Waals surface area contributed by atoms with Crippen molar-refractivity contribution < 1.29 is 19.4 Å². The smallest absolute Gasteiger partial charge is 0.160 e. The van der Waals surface area contributed by atoms with E-state index in [1.165, 1.54) is 14.0 Å². The molecule has 2 rings (SSSR count). The number of aliphatic hydroxyl groups is 1. The van der Waals surface area contributed by atoms with Gasteiger partial charge in [-0.2, -0.15) is 0 Å². The molecule has 0 saturated heterocycles. The number of hydrogen-bond acceptors (Lipinski definition) is 4. The lowest BCUT2D eigenvalue weighted by molar-refractivity contribution is 0.0144. The van der Waals surface area contributed by atoms with Gasteiger partial charge in [0.15, 0.2) is 5.78 Å². The van der Waals surface area contributed by atoms with E-state index >= 15 is 0 Å². The fraction of sp³-hybridized carbons (Fsp3) is 0.357. The van der Waals surface area contributed by atoms with Gasteiger partial charge in [-0.15, -0.1) is 0 Å². The van der Waals surface area contributed by atoms with Crippen molar-refractivity contribution in [3.8, 4) is 5.75 Å². The van der Waals surface area contributed by atoms with Gasteiger partial charge in [-0.25, -0.2) is 0 Å². The number of methoxy groups -OCH3 is 2. The molecule has 0 unspecified atom stereocenters. The van der Waals surface area contributed by atoms with Crippen LogP contribution in [0.15, 0.2) is 18.2 Å². The van der Waals surface area contributed by atoms with Gasteiger partial charge in [-0.05, 0) is 19.1 Å². The summed E-state index contributed by atoms with van der Waals surface area (Å²) in [7, 11) is 3.09. The zero-order chi connectivity index (χ0) is 13.3. The first-order valence-corrected chi connectivity index (χ1v) is 5.71. The molecule has 1 N–H and O–H groups in total. The van der Waals surface area contributed by atoms with Gasteiger partial charge in [0.05, 0.1) is 7.11 Å². The van der Waals surface area contributed by atoms with Crippen LogP contribution in [0.1, 0.15) is 34.5 Å². The fourth-order valence-electron chi connectivity index (χ4n) is 2.26. The van der Waals surface area contributed by atoms with Gasteiger partial charge in [0, 0.05) is 23.8 Å². The molecule has 0 bridgehead atoms. The molecule has 1 aliphatic carbocycles. The molecule has 1 aromatic rings. The van der Waals surface area contributed by atoms with Crippen molar-refractivity contribution in [3.05, 3.63) is 34.9 Å². The number of rotatable bonds is 3. The minimum Gasteiger partial charge on any atom is -0.496 e. The Morgan fingerprint density at radius 3 is 2.61 bits per heavy atom. The SMILES string of the molecule is COc1ccc(C(C)=O)c2c1C=C[C@@H](OC)[C@@H]2O. The fourth-order valence-corrected chi connectivity index (χ4v) is 2.26. The van der Waals surface area contributed by atoms with Crippen molar-refractivity contribution in [3.63, 3.8) is 0 Å². The van der Waals surface area contributed by atoms with Crippen LogP contribution in [0.2, 0.25) is 0 Å². The van der Waals surface area contributed by atoms with E-state index in [1.807, 2.05) is 6.08 Å². The number of ketones is 1. The van der Waals surface area contributed by atoms with Gasteiger partial charge in [-0.1, -0.05) is 12.2 Å². The van der Waals surface area contributed by atoms with Crippen molar-refractivity contribution >= 4 is 11.9 Å². The minimum absolute atomic E-state index is 0.0851. The maximum Gasteiger partial charge on any atom is 0.160 e. The van der Waals surface area contributed by atoms with E-state index in [0.29, 0.717) is 16.9 Å². The van der Waals surface area contributed by atoms with Crippen LogP contribution in [-0.2, 0) is 4.74 Å². The highest BCUT2D eigenvalue weighted by molar-refractivity contribution is 5.97. The van der Waals surface area contributed by atoms with Crippen molar-refractivity contribution in [2.24, 2.45) is 0 Å². The summed E-state index contributed by atoms with van der Waals surface area (Å²) in [5.41, 5.74) is 1.83. The normalized spacial score (nSPS) is 21.6. The Bertz CT molecular complexity index is 505. The number of ether oxygens (including phenoxy) is 2. The van der Waals surface area contributed by atoms with Crippen molar-refractivity contribution in [2.75, 3.05) is 14.2 Å². The molecule has 1 aliphatic rings. The summed E-state index contributed by atoms with van der Waals surface area (Å²) in [6.07, 6.45) is 2.28. The topological polar surface area (TPSA) is 55.8 Å². The van der Waals surface area contributed by atoms with Crippen molar-refractivity contribution in [2.45, 2.75) is 19.1 Å². The van der Waals surface area contributed by atoms with Crippen LogP contribution in [0.3, 0.4) is 0 Å². The molecule has 0 heterocycles. The van der Waals surface area contributed by atoms with Crippen LogP contribution >= 0.6 is 0 Å². The Balaban J connectivity index is 2.66. The summed E-state index contributed by atoms with van der Waals surface area (Å²) in [6.45, 7) is 1.48. The number of carbonyl (C=O) groups is 1. The molecule has 1 aromatic carbocycles. The third-order valence-electron chi connectivity index (χ3n) is 3.18. The second kappa shape index (κ2) is 4.92. The van der Waals surface area contributed by atoms with E-state index in [4.69, 9.17) is 9.47 Å². The number of aliphatic hydroxyl groups excluding tert-OH is 1. The molecule has 0 radical (unpaired) electrons. The summed E-state index contributed by atoms with van der Waals surface area (Å²) in [4.78, 5) is 11.6. The van der Waals surface area contributed by atoms with E-state index in [9.17, 15) is 9.90 Å². The molecule has 0 saturated carbocycles. The monoisotopic (exact) mass is 248 g/mol. The number of Topliss-reactive ketones (excluding diaryl/α,β-unsaturated/α-hetero) is 1. The predicted octanol–water partition coefficient (Wildman–Crippen LogP) is 1.97. The lowest BCUT2D eigenvalue weighted by Gasteiger charge is -2.27. The standard InChI is InChI=1S/C14H16O4/c1-8(15)9-4-6-11(17-2)10-5-7-12(18-3)14(16)13(9)10/h4-7,12,14,16H,1-3H3/t12-,14+/m1/s1. The van der Waals surface area contributed by atoms with Crippen LogP contribution < -0.4 is 4.74 Å². The zero-order valence-corrected chi connectivity index (χ0v) is 10.6. The van der Waals surface area contributed by atoms with E-state index in [2.05, 4.69) is 0 Å². The highest BCUT2D eigenvalue weighted by Gasteiger charge is 2.29. The molecule has 4 heteroatoms. The van der Waals surface area contributed by atoms with Gasteiger partial charge >= 0.3 is 0 Å². The van der Waals surface area contributed by atoms with Gasteiger partial charge in [0.1, 0.15) is 18.0 Å². The quantitative estimate of drug-likeness (QED) is 0.831. The highest BCUT2D eigenvalue weighted by Crippen LogP contribution is 2.37. The largest absolute Gasteiger partial charge is 0.496 e. The number of fused-ring (bicyclic) bond motifs is 1. The Labute approximate surface area is 106 Å². The van der Waals surface area contributed by atoms with Crippen LogP contribution in [0.5, 0.6) is 5.75 Å². The van der Waals surface area contributed by atoms with Gasteiger partial charge in [0.25, 0.3) is 0 Å².